The Morgan fingerprint density at radius 2 is 2.05 bits per heavy atom. The largest absolute Gasteiger partial charge is 0.391 e. The normalized spacial score (nSPS) is 23.1. The second kappa shape index (κ2) is 6.17. The van der Waals surface area contributed by atoms with Crippen LogP contribution in [0.3, 0.4) is 0 Å². The summed E-state index contributed by atoms with van der Waals surface area (Å²) >= 11 is 0. The summed E-state index contributed by atoms with van der Waals surface area (Å²) in [4.78, 5) is 16.2. The van der Waals surface area contributed by atoms with Crippen LogP contribution in [-0.4, -0.2) is 60.1 Å². The van der Waals surface area contributed by atoms with Crippen molar-refractivity contribution in [3.8, 4) is 0 Å². The Morgan fingerprint density at radius 1 is 1.37 bits per heavy atom. The topological polar surface area (TPSA) is 43.8 Å². The van der Waals surface area contributed by atoms with Gasteiger partial charge in [0.15, 0.2) is 0 Å². The van der Waals surface area contributed by atoms with Gasteiger partial charge in [-0.15, -0.1) is 0 Å². The number of nitrogens with zero attached hydrogens (tertiary/aromatic N) is 2. The van der Waals surface area contributed by atoms with Crippen LogP contribution in [0.25, 0.3) is 0 Å². The van der Waals surface area contributed by atoms with Gasteiger partial charge in [0.05, 0.1) is 12.5 Å². The van der Waals surface area contributed by atoms with Crippen LogP contribution in [0.5, 0.6) is 0 Å². The highest BCUT2D eigenvalue weighted by Crippen LogP contribution is 2.19. The number of hydrogen-bond acceptors (Lipinski definition) is 3. The summed E-state index contributed by atoms with van der Waals surface area (Å²) in [5.41, 5.74) is 1.03. The number of likely N-dealkylation sites (N-methyl/N-ethyl adjacent to an activating group) is 1. The van der Waals surface area contributed by atoms with Crippen molar-refractivity contribution in [2.24, 2.45) is 0 Å². The van der Waals surface area contributed by atoms with Gasteiger partial charge in [0.2, 0.25) is 5.91 Å². The number of rotatable bonds is 4. The Kier molecular flexibility index (Phi) is 4.56. The molecule has 4 heteroatoms. The lowest BCUT2D eigenvalue weighted by Crippen LogP contribution is -2.42. The number of likely N-dealkylation sites (tertiary alicyclic amines) is 1. The zero-order chi connectivity index (χ0) is 13.8. The number of aliphatic hydroxyl groups excluding tert-OH is 1. The molecular formula is C15H22N2O2. The van der Waals surface area contributed by atoms with Crippen molar-refractivity contribution in [3.63, 3.8) is 0 Å². The number of aliphatic hydroxyl groups is 1. The maximum absolute atomic E-state index is 12.3. The summed E-state index contributed by atoms with van der Waals surface area (Å²) in [5.74, 6) is 0.106. The van der Waals surface area contributed by atoms with Crippen LogP contribution in [-0.2, 0) is 11.2 Å². The Bertz CT molecular complexity index is 419. The standard InChI is InChI=1S/C15H22N2O2/c1-16(2)10-13-9-14(18)11-17(13)15(19)8-12-6-4-3-5-7-12/h3-7,13-14,18H,8-11H2,1-2H3. The maximum Gasteiger partial charge on any atom is 0.227 e. The summed E-state index contributed by atoms with van der Waals surface area (Å²) in [6.07, 6.45) is 0.709. The van der Waals surface area contributed by atoms with Gasteiger partial charge >= 0.3 is 0 Å². The molecule has 104 valence electrons. The van der Waals surface area contributed by atoms with E-state index in [2.05, 4.69) is 4.90 Å². The van der Waals surface area contributed by atoms with E-state index in [1.165, 1.54) is 0 Å². The quantitative estimate of drug-likeness (QED) is 0.871. The van der Waals surface area contributed by atoms with Crippen molar-refractivity contribution >= 4 is 5.91 Å². The van der Waals surface area contributed by atoms with Gasteiger partial charge in [0.1, 0.15) is 0 Å². The second-order valence-corrected chi connectivity index (χ2v) is 5.51. The van der Waals surface area contributed by atoms with Crippen LogP contribution in [0.2, 0.25) is 0 Å². The number of benzene rings is 1. The van der Waals surface area contributed by atoms with Gasteiger partial charge in [-0.2, -0.15) is 0 Å². The van der Waals surface area contributed by atoms with E-state index in [0.29, 0.717) is 19.4 Å². The molecule has 1 fully saturated rings. The molecule has 0 spiro atoms. The number of carbonyl (C=O) groups is 1. The summed E-state index contributed by atoms with van der Waals surface area (Å²) in [6.45, 7) is 1.27. The van der Waals surface area contributed by atoms with E-state index in [-0.39, 0.29) is 18.1 Å². The monoisotopic (exact) mass is 262 g/mol. The molecule has 1 saturated heterocycles. The van der Waals surface area contributed by atoms with E-state index < -0.39 is 0 Å². The SMILES string of the molecule is CN(C)CC1CC(O)CN1C(=O)Cc1ccccc1. The third kappa shape index (κ3) is 3.78. The minimum Gasteiger partial charge on any atom is -0.391 e. The Balaban J connectivity index is 2.00. The van der Waals surface area contributed by atoms with Crippen LogP contribution >= 0.6 is 0 Å². The van der Waals surface area contributed by atoms with E-state index in [1.54, 1.807) is 0 Å². The predicted octanol–water partition coefficient (Wildman–Crippen LogP) is 0.752. The first-order chi connectivity index (χ1) is 9.06. The first kappa shape index (κ1) is 14.0. The Hall–Kier alpha value is -1.39. The highest BCUT2D eigenvalue weighted by Gasteiger charge is 2.34. The third-order valence-electron chi connectivity index (χ3n) is 3.49. The summed E-state index contributed by atoms with van der Waals surface area (Å²) in [6, 6.07) is 9.89. The molecular weight excluding hydrogens is 240 g/mol. The molecule has 1 N–H and O–H groups in total. The smallest absolute Gasteiger partial charge is 0.227 e. The number of carbonyl (C=O) groups excluding carboxylic acids is 1. The number of β-amino-alcohol motifs (C(OH)–C–C–N with tert-alkyl or cyclic N) is 1. The number of amides is 1. The zero-order valence-corrected chi connectivity index (χ0v) is 11.6. The molecule has 2 rings (SSSR count). The molecule has 2 atom stereocenters. The number of hydrogen-bond donors (Lipinski definition) is 1. The molecule has 0 aliphatic carbocycles. The fourth-order valence-electron chi connectivity index (χ4n) is 2.66. The van der Waals surface area contributed by atoms with E-state index in [0.717, 1.165) is 12.1 Å². The average molecular weight is 262 g/mol. The van der Waals surface area contributed by atoms with Gasteiger partial charge in [0, 0.05) is 19.1 Å². The molecule has 0 saturated carbocycles. The van der Waals surface area contributed by atoms with Gasteiger partial charge in [-0.1, -0.05) is 30.3 Å². The molecule has 2 unspecified atom stereocenters. The van der Waals surface area contributed by atoms with Gasteiger partial charge in [-0.05, 0) is 26.1 Å². The van der Waals surface area contributed by atoms with E-state index >= 15 is 0 Å². The fourth-order valence-corrected chi connectivity index (χ4v) is 2.66. The molecule has 1 aliphatic heterocycles. The lowest BCUT2D eigenvalue weighted by molar-refractivity contribution is -0.131. The molecule has 0 radical (unpaired) electrons. The zero-order valence-electron chi connectivity index (χ0n) is 11.6. The highest BCUT2D eigenvalue weighted by atomic mass is 16.3. The molecule has 1 aromatic rings. The van der Waals surface area contributed by atoms with Gasteiger partial charge in [0.25, 0.3) is 0 Å². The van der Waals surface area contributed by atoms with Crippen LogP contribution < -0.4 is 0 Å². The molecule has 0 aromatic heterocycles. The van der Waals surface area contributed by atoms with Crippen molar-refractivity contribution in [1.29, 1.82) is 0 Å². The van der Waals surface area contributed by atoms with Gasteiger partial charge in [-0.3, -0.25) is 4.79 Å². The first-order valence-electron chi connectivity index (χ1n) is 6.72. The molecule has 1 amide bonds. The van der Waals surface area contributed by atoms with Crippen LogP contribution in [0.4, 0.5) is 0 Å². The highest BCUT2D eigenvalue weighted by molar-refractivity contribution is 5.79. The predicted molar refractivity (Wildman–Crippen MR) is 74.8 cm³/mol. The van der Waals surface area contributed by atoms with Crippen molar-refractivity contribution in [1.82, 2.24) is 9.80 Å². The average Bonchev–Trinajstić information content (AvgIpc) is 2.70. The Labute approximate surface area is 114 Å². The van der Waals surface area contributed by atoms with Crippen LogP contribution in [0.1, 0.15) is 12.0 Å². The molecule has 4 nitrogen and oxygen atoms in total. The van der Waals surface area contributed by atoms with Crippen molar-refractivity contribution in [3.05, 3.63) is 35.9 Å². The summed E-state index contributed by atoms with van der Waals surface area (Å²) < 4.78 is 0. The van der Waals surface area contributed by atoms with E-state index in [9.17, 15) is 9.90 Å². The lowest BCUT2D eigenvalue weighted by Gasteiger charge is -2.26. The Morgan fingerprint density at radius 3 is 2.68 bits per heavy atom. The first-order valence-corrected chi connectivity index (χ1v) is 6.72. The van der Waals surface area contributed by atoms with Gasteiger partial charge < -0.3 is 14.9 Å². The van der Waals surface area contributed by atoms with Crippen LogP contribution in [0, 0.1) is 0 Å². The molecule has 19 heavy (non-hydrogen) atoms. The van der Waals surface area contributed by atoms with Gasteiger partial charge in [-0.25, -0.2) is 0 Å². The molecule has 1 aromatic carbocycles. The molecule has 1 aliphatic rings. The molecule has 0 bridgehead atoms. The van der Waals surface area contributed by atoms with E-state index in [4.69, 9.17) is 0 Å². The van der Waals surface area contributed by atoms with Crippen molar-refractivity contribution < 1.29 is 9.90 Å². The second-order valence-electron chi connectivity index (χ2n) is 5.51. The maximum atomic E-state index is 12.3. The fraction of sp³-hybridized carbons (Fsp3) is 0.533. The molecule has 1 heterocycles. The van der Waals surface area contributed by atoms with Crippen molar-refractivity contribution in [2.75, 3.05) is 27.2 Å². The van der Waals surface area contributed by atoms with Crippen molar-refractivity contribution in [2.45, 2.75) is 25.0 Å². The minimum absolute atomic E-state index is 0.106. The minimum atomic E-state index is -0.385. The summed E-state index contributed by atoms with van der Waals surface area (Å²) in [7, 11) is 3.98. The van der Waals surface area contributed by atoms with Crippen LogP contribution in [0.15, 0.2) is 30.3 Å². The van der Waals surface area contributed by atoms with E-state index in [1.807, 2.05) is 49.3 Å². The summed E-state index contributed by atoms with van der Waals surface area (Å²) in [5, 5.41) is 9.79. The third-order valence-corrected chi connectivity index (χ3v) is 3.49. The lowest BCUT2D eigenvalue weighted by atomic mass is 10.1.